The molecule has 0 radical (unpaired) electrons. The van der Waals surface area contributed by atoms with Crippen molar-refractivity contribution in [3.63, 3.8) is 0 Å². The molecule has 5 rings (SSSR count). The van der Waals surface area contributed by atoms with Crippen LogP contribution in [0.4, 0.5) is 5.69 Å². The first-order valence-corrected chi connectivity index (χ1v) is 12.2. The molecule has 2 aliphatic rings. The molecular weight excluding hydrogens is 416 g/mol. The molecule has 10 heteroatoms. The SMILES string of the molecule is O=C(c1cccc(N2CCCCS2(=O)=O)c1)N1CCC[C@H](c2ccnc3ncnn23)C1. The number of carbonyl (C=O) groups excluding carboxylic acids is 1. The minimum absolute atomic E-state index is 0.0788. The van der Waals surface area contributed by atoms with Crippen LogP contribution in [-0.4, -0.2) is 64.2 Å². The highest BCUT2D eigenvalue weighted by atomic mass is 32.2. The number of anilines is 1. The Bertz CT molecular complexity index is 1220. The Balaban J connectivity index is 1.38. The second kappa shape index (κ2) is 7.92. The number of sulfonamides is 1. The van der Waals surface area contributed by atoms with Gasteiger partial charge in [0.05, 0.1) is 17.1 Å². The lowest BCUT2D eigenvalue weighted by Gasteiger charge is -2.33. The minimum Gasteiger partial charge on any atom is -0.338 e. The number of aromatic nitrogens is 4. The van der Waals surface area contributed by atoms with E-state index >= 15 is 0 Å². The number of benzene rings is 1. The number of hydrogen-bond donors (Lipinski definition) is 0. The average molecular weight is 441 g/mol. The lowest BCUT2D eigenvalue weighted by atomic mass is 9.94. The molecule has 4 heterocycles. The van der Waals surface area contributed by atoms with Crippen LogP contribution in [0.1, 0.15) is 47.7 Å². The van der Waals surface area contributed by atoms with E-state index in [1.165, 1.54) is 10.6 Å². The quantitative estimate of drug-likeness (QED) is 0.618. The average Bonchev–Trinajstić information content (AvgIpc) is 3.27. The van der Waals surface area contributed by atoms with E-state index in [0.717, 1.165) is 25.0 Å². The molecule has 2 fully saturated rings. The number of hydrogen-bond acceptors (Lipinski definition) is 6. The molecule has 162 valence electrons. The van der Waals surface area contributed by atoms with Crippen molar-refractivity contribution in [2.24, 2.45) is 0 Å². The van der Waals surface area contributed by atoms with Crippen molar-refractivity contribution in [1.82, 2.24) is 24.5 Å². The zero-order valence-corrected chi connectivity index (χ0v) is 17.9. The van der Waals surface area contributed by atoms with Crippen molar-refractivity contribution >= 4 is 27.4 Å². The number of fused-ring (bicyclic) bond motifs is 1. The summed E-state index contributed by atoms with van der Waals surface area (Å²) in [5.74, 6) is 0.763. The summed E-state index contributed by atoms with van der Waals surface area (Å²) in [4.78, 5) is 23.5. The van der Waals surface area contributed by atoms with Gasteiger partial charge in [-0.2, -0.15) is 10.1 Å². The zero-order valence-electron chi connectivity index (χ0n) is 17.1. The molecule has 31 heavy (non-hydrogen) atoms. The summed E-state index contributed by atoms with van der Waals surface area (Å²) in [6, 6.07) is 8.92. The van der Waals surface area contributed by atoms with Crippen molar-refractivity contribution < 1.29 is 13.2 Å². The summed E-state index contributed by atoms with van der Waals surface area (Å²) in [5.41, 5.74) is 2.07. The summed E-state index contributed by atoms with van der Waals surface area (Å²) in [6.07, 6.45) is 6.55. The van der Waals surface area contributed by atoms with E-state index < -0.39 is 10.0 Å². The van der Waals surface area contributed by atoms with Gasteiger partial charge in [-0.3, -0.25) is 9.10 Å². The van der Waals surface area contributed by atoms with Gasteiger partial charge in [0.25, 0.3) is 11.7 Å². The Kier molecular flexibility index (Phi) is 5.09. The van der Waals surface area contributed by atoms with E-state index in [0.29, 0.717) is 43.1 Å². The third kappa shape index (κ3) is 3.76. The number of likely N-dealkylation sites (tertiary alicyclic amines) is 1. The zero-order chi connectivity index (χ0) is 21.4. The van der Waals surface area contributed by atoms with Crippen LogP contribution in [0.2, 0.25) is 0 Å². The van der Waals surface area contributed by atoms with Crippen LogP contribution in [0.15, 0.2) is 42.9 Å². The molecule has 0 N–H and O–H groups in total. The number of amides is 1. The molecule has 0 bridgehead atoms. The Morgan fingerprint density at radius 2 is 1.97 bits per heavy atom. The third-order valence-electron chi connectivity index (χ3n) is 6.07. The molecular formula is C21H24N6O3S. The summed E-state index contributed by atoms with van der Waals surface area (Å²) in [7, 11) is -3.32. The Labute approximate surface area is 180 Å². The molecule has 1 atom stereocenters. The van der Waals surface area contributed by atoms with Gasteiger partial charge in [0, 0.05) is 37.3 Å². The second-order valence-corrected chi connectivity index (χ2v) is 10.1. The Morgan fingerprint density at radius 1 is 1.06 bits per heavy atom. The maximum atomic E-state index is 13.3. The lowest BCUT2D eigenvalue weighted by molar-refractivity contribution is 0.0705. The van der Waals surface area contributed by atoms with Gasteiger partial charge in [-0.25, -0.2) is 17.9 Å². The topological polar surface area (TPSA) is 101 Å². The van der Waals surface area contributed by atoms with Gasteiger partial charge in [-0.1, -0.05) is 6.07 Å². The number of carbonyl (C=O) groups is 1. The molecule has 9 nitrogen and oxygen atoms in total. The van der Waals surface area contributed by atoms with Crippen LogP contribution in [0, 0.1) is 0 Å². The smallest absolute Gasteiger partial charge is 0.253 e. The highest BCUT2D eigenvalue weighted by molar-refractivity contribution is 7.92. The van der Waals surface area contributed by atoms with Crippen molar-refractivity contribution in [2.75, 3.05) is 29.7 Å². The van der Waals surface area contributed by atoms with Gasteiger partial charge in [0.1, 0.15) is 6.33 Å². The first kappa shape index (κ1) is 19.9. The fourth-order valence-electron chi connectivity index (χ4n) is 4.52. The van der Waals surface area contributed by atoms with Crippen LogP contribution in [0.5, 0.6) is 0 Å². The van der Waals surface area contributed by atoms with Crippen molar-refractivity contribution in [3.05, 3.63) is 54.1 Å². The van der Waals surface area contributed by atoms with Gasteiger partial charge in [0.15, 0.2) is 0 Å². The van der Waals surface area contributed by atoms with E-state index in [-0.39, 0.29) is 17.6 Å². The largest absolute Gasteiger partial charge is 0.338 e. The Morgan fingerprint density at radius 3 is 2.84 bits per heavy atom. The number of rotatable bonds is 3. The first-order chi connectivity index (χ1) is 15.0. The normalized spacial score (nSPS) is 21.4. The van der Waals surface area contributed by atoms with Gasteiger partial charge in [0.2, 0.25) is 10.0 Å². The molecule has 0 unspecified atom stereocenters. The lowest BCUT2D eigenvalue weighted by Crippen LogP contribution is -2.40. The van der Waals surface area contributed by atoms with Gasteiger partial charge in [-0.05, 0) is 49.9 Å². The standard InChI is InChI=1S/C21H24N6O3S/c28-20(16-5-3-7-18(13-16)26-11-1-2-12-31(26,29)30)25-10-4-6-17(14-25)19-8-9-22-21-23-15-24-27(19)21/h3,5,7-9,13,15,17H,1-2,4,6,10-12,14H2/t17-/m0/s1. The monoisotopic (exact) mass is 440 g/mol. The first-order valence-electron chi connectivity index (χ1n) is 10.6. The fraction of sp³-hybridized carbons (Fsp3) is 0.429. The summed E-state index contributed by atoms with van der Waals surface area (Å²) < 4.78 is 28.1. The van der Waals surface area contributed by atoms with E-state index in [4.69, 9.17) is 0 Å². The summed E-state index contributed by atoms with van der Waals surface area (Å²) in [6.45, 7) is 1.71. The minimum atomic E-state index is -3.32. The van der Waals surface area contributed by atoms with Crippen LogP contribution < -0.4 is 4.31 Å². The summed E-state index contributed by atoms with van der Waals surface area (Å²) in [5, 5.41) is 4.28. The molecule has 2 aliphatic heterocycles. The maximum absolute atomic E-state index is 13.3. The van der Waals surface area contributed by atoms with Gasteiger partial charge < -0.3 is 4.90 Å². The maximum Gasteiger partial charge on any atom is 0.253 e. The fourth-order valence-corrected chi connectivity index (χ4v) is 6.16. The van der Waals surface area contributed by atoms with Crippen LogP contribution in [0.3, 0.4) is 0 Å². The molecule has 2 aromatic heterocycles. The predicted molar refractivity (Wildman–Crippen MR) is 115 cm³/mol. The van der Waals surface area contributed by atoms with E-state index in [2.05, 4.69) is 15.1 Å². The molecule has 1 amide bonds. The second-order valence-electron chi connectivity index (χ2n) is 8.08. The van der Waals surface area contributed by atoms with E-state index in [1.54, 1.807) is 35.0 Å². The number of nitrogens with zero attached hydrogens (tertiary/aromatic N) is 6. The molecule has 0 aliphatic carbocycles. The highest BCUT2D eigenvalue weighted by Crippen LogP contribution is 2.29. The predicted octanol–water partition coefficient (Wildman–Crippen LogP) is 2.07. The Hall–Kier alpha value is -3.01. The molecule has 0 saturated carbocycles. The van der Waals surface area contributed by atoms with Crippen LogP contribution in [0.25, 0.3) is 5.78 Å². The summed E-state index contributed by atoms with van der Waals surface area (Å²) >= 11 is 0. The molecule has 2 saturated heterocycles. The van der Waals surface area contributed by atoms with Crippen molar-refractivity contribution in [3.8, 4) is 0 Å². The molecule has 1 aromatic carbocycles. The molecule has 0 spiro atoms. The van der Waals surface area contributed by atoms with Gasteiger partial charge in [-0.15, -0.1) is 0 Å². The van der Waals surface area contributed by atoms with E-state index in [9.17, 15) is 13.2 Å². The van der Waals surface area contributed by atoms with Crippen molar-refractivity contribution in [1.29, 1.82) is 0 Å². The highest BCUT2D eigenvalue weighted by Gasteiger charge is 2.29. The van der Waals surface area contributed by atoms with Crippen molar-refractivity contribution in [2.45, 2.75) is 31.6 Å². The van der Waals surface area contributed by atoms with Crippen LogP contribution >= 0.6 is 0 Å². The molecule has 3 aromatic rings. The van der Waals surface area contributed by atoms with Crippen LogP contribution in [-0.2, 0) is 10.0 Å². The van der Waals surface area contributed by atoms with E-state index in [1.807, 2.05) is 11.0 Å². The third-order valence-corrected chi connectivity index (χ3v) is 7.94. The van der Waals surface area contributed by atoms with Gasteiger partial charge >= 0.3 is 0 Å². The number of piperidine rings is 1.